The number of rotatable bonds is 6. The van der Waals surface area contributed by atoms with Crippen LogP contribution in [0.4, 0.5) is 14.2 Å². The van der Waals surface area contributed by atoms with Crippen LogP contribution in [0.3, 0.4) is 0 Å². The van der Waals surface area contributed by atoms with Gasteiger partial charge in [0.05, 0.1) is 11.1 Å². The summed E-state index contributed by atoms with van der Waals surface area (Å²) < 4.78 is 14.8. The summed E-state index contributed by atoms with van der Waals surface area (Å²) in [6, 6.07) is 7.93. The summed E-state index contributed by atoms with van der Waals surface area (Å²) in [7, 11) is 1.83. The van der Waals surface area contributed by atoms with E-state index in [0.29, 0.717) is 31.1 Å². The number of urea groups is 1. The molecule has 1 aliphatic rings. The zero-order valence-electron chi connectivity index (χ0n) is 16.8. The Morgan fingerprint density at radius 2 is 2.00 bits per heavy atom. The normalized spacial score (nSPS) is 13.9. The van der Waals surface area contributed by atoms with E-state index >= 15 is 0 Å². The standard InChI is InChI=1S/C21H22FN5O2S/c1-14-9-18(30-19(14)20(28)23-10-16-11-24-25(2)12-16)27-8-7-26(21(27)29)13-15-3-5-17(22)6-4-15/h3-6,9,11-12H,7-8,10,13H2,1-2H3,(H,23,28). The molecule has 0 atom stereocenters. The molecule has 156 valence electrons. The molecule has 7 nitrogen and oxygen atoms in total. The number of amides is 3. The zero-order chi connectivity index (χ0) is 21.3. The molecule has 3 heterocycles. The fraction of sp³-hybridized carbons (Fsp3) is 0.286. The number of nitrogens with one attached hydrogen (secondary N) is 1. The molecule has 3 amide bonds. The fourth-order valence-corrected chi connectivity index (χ4v) is 4.50. The van der Waals surface area contributed by atoms with Crippen molar-refractivity contribution in [3.8, 4) is 0 Å². The minimum absolute atomic E-state index is 0.108. The average Bonchev–Trinajstić information content (AvgIpc) is 3.41. The summed E-state index contributed by atoms with van der Waals surface area (Å²) >= 11 is 1.32. The van der Waals surface area contributed by atoms with Crippen molar-refractivity contribution in [2.75, 3.05) is 18.0 Å². The number of halogens is 1. The molecular weight excluding hydrogens is 405 g/mol. The average molecular weight is 428 g/mol. The highest BCUT2D eigenvalue weighted by Crippen LogP contribution is 2.32. The highest BCUT2D eigenvalue weighted by molar-refractivity contribution is 7.18. The minimum Gasteiger partial charge on any atom is -0.347 e. The van der Waals surface area contributed by atoms with Crippen molar-refractivity contribution in [1.82, 2.24) is 20.0 Å². The van der Waals surface area contributed by atoms with Crippen LogP contribution in [0.1, 0.15) is 26.4 Å². The number of thiophene rings is 1. The maximum Gasteiger partial charge on any atom is 0.325 e. The maximum atomic E-state index is 13.1. The molecule has 0 radical (unpaired) electrons. The van der Waals surface area contributed by atoms with E-state index in [2.05, 4.69) is 10.4 Å². The second kappa shape index (κ2) is 8.27. The van der Waals surface area contributed by atoms with Crippen molar-refractivity contribution in [2.45, 2.75) is 20.0 Å². The molecule has 0 saturated carbocycles. The van der Waals surface area contributed by atoms with Gasteiger partial charge in [0.1, 0.15) is 10.8 Å². The number of hydrogen-bond acceptors (Lipinski definition) is 4. The van der Waals surface area contributed by atoms with Gasteiger partial charge in [0.2, 0.25) is 0 Å². The predicted molar refractivity (Wildman–Crippen MR) is 113 cm³/mol. The van der Waals surface area contributed by atoms with Gasteiger partial charge in [0.15, 0.2) is 0 Å². The van der Waals surface area contributed by atoms with E-state index in [1.807, 2.05) is 26.2 Å². The van der Waals surface area contributed by atoms with Crippen molar-refractivity contribution < 1.29 is 14.0 Å². The number of benzene rings is 1. The minimum atomic E-state index is -0.295. The summed E-state index contributed by atoms with van der Waals surface area (Å²) in [5, 5.41) is 7.75. The Morgan fingerprint density at radius 3 is 2.70 bits per heavy atom. The van der Waals surface area contributed by atoms with Crippen LogP contribution in [0.15, 0.2) is 42.7 Å². The smallest absolute Gasteiger partial charge is 0.325 e. The molecule has 0 aliphatic carbocycles. The topological polar surface area (TPSA) is 70.5 Å². The Kier molecular flexibility index (Phi) is 5.54. The molecule has 0 bridgehead atoms. The second-order valence-corrected chi connectivity index (χ2v) is 8.31. The molecule has 9 heteroatoms. The number of carbonyl (C=O) groups is 2. The number of aromatic nitrogens is 2. The highest BCUT2D eigenvalue weighted by Gasteiger charge is 2.31. The van der Waals surface area contributed by atoms with Gasteiger partial charge in [-0.25, -0.2) is 9.18 Å². The monoisotopic (exact) mass is 427 g/mol. The van der Waals surface area contributed by atoms with Crippen LogP contribution in [0.2, 0.25) is 0 Å². The molecule has 30 heavy (non-hydrogen) atoms. The Labute approximate surface area is 177 Å². The molecule has 3 aromatic rings. The first kappa shape index (κ1) is 20.1. The first-order chi connectivity index (χ1) is 14.4. The molecule has 1 fully saturated rings. The van der Waals surface area contributed by atoms with Crippen LogP contribution < -0.4 is 10.2 Å². The van der Waals surface area contributed by atoms with E-state index < -0.39 is 0 Å². The summed E-state index contributed by atoms with van der Waals surface area (Å²) in [4.78, 5) is 29.5. The Bertz CT molecular complexity index is 1080. The quantitative estimate of drug-likeness (QED) is 0.656. The van der Waals surface area contributed by atoms with Gasteiger partial charge in [0, 0.05) is 45.0 Å². The molecule has 1 aliphatic heterocycles. The SMILES string of the molecule is Cc1cc(N2CCN(Cc3ccc(F)cc3)C2=O)sc1C(=O)NCc1cnn(C)c1. The van der Waals surface area contributed by atoms with Gasteiger partial charge in [-0.15, -0.1) is 11.3 Å². The van der Waals surface area contributed by atoms with Crippen LogP contribution >= 0.6 is 11.3 Å². The van der Waals surface area contributed by atoms with Crippen LogP contribution in [0.25, 0.3) is 0 Å². The van der Waals surface area contributed by atoms with Crippen LogP contribution in [0, 0.1) is 12.7 Å². The first-order valence-corrected chi connectivity index (χ1v) is 10.4. The summed E-state index contributed by atoms with van der Waals surface area (Å²) in [6.07, 6.45) is 3.57. The van der Waals surface area contributed by atoms with Crippen LogP contribution in [-0.2, 0) is 20.1 Å². The van der Waals surface area contributed by atoms with E-state index in [-0.39, 0.29) is 17.8 Å². The van der Waals surface area contributed by atoms with Crippen LogP contribution in [0.5, 0.6) is 0 Å². The molecule has 4 rings (SSSR count). The number of nitrogens with zero attached hydrogens (tertiary/aromatic N) is 4. The van der Waals surface area contributed by atoms with Gasteiger partial charge in [-0.3, -0.25) is 14.4 Å². The maximum absolute atomic E-state index is 13.1. The van der Waals surface area contributed by atoms with E-state index in [9.17, 15) is 14.0 Å². The molecular formula is C21H22FN5O2S. The van der Waals surface area contributed by atoms with Gasteiger partial charge >= 0.3 is 6.03 Å². The zero-order valence-corrected chi connectivity index (χ0v) is 17.6. The molecule has 1 N–H and O–H groups in total. The van der Waals surface area contributed by atoms with E-state index in [4.69, 9.17) is 0 Å². The van der Waals surface area contributed by atoms with Crippen molar-refractivity contribution in [1.29, 1.82) is 0 Å². The summed E-state index contributed by atoms with van der Waals surface area (Å²) in [5.74, 6) is -0.459. The Balaban J connectivity index is 1.41. The lowest BCUT2D eigenvalue weighted by Crippen LogP contribution is -2.31. The number of anilines is 1. The second-order valence-electron chi connectivity index (χ2n) is 7.28. The molecule has 1 aromatic carbocycles. The fourth-order valence-electron chi connectivity index (χ4n) is 3.39. The number of hydrogen-bond donors (Lipinski definition) is 1. The van der Waals surface area contributed by atoms with Gasteiger partial charge in [0.25, 0.3) is 5.91 Å². The highest BCUT2D eigenvalue weighted by atomic mass is 32.1. The largest absolute Gasteiger partial charge is 0.347 e. The van der Waals surface area contributed by atoms with Crippen molar-refractivity contribution in [3.05, 3.63) is 70.1 Å². The van der Waals surface area contributed by atoms with E-state index in [1.54, 1.807) is 32.8 Å². The lowest BCUT2D eigenvalue weighted by atomic mass is 10.2. The lowest BCUT2D eigenvalue weighted by Gasteiger charge is -2.17. The third-order valence-corrected chi connectivity index (χ3v) is 6.23. The van der Waals surface area contributed by atoms with Gasteiger partial charge in [-0.2, -0.15) is 5.10 Å². The van der Waals surface area contributed by atoms with Gasteiger partial charge < -0.3 is 10.2 Å². The van der Waals surface area contributed by atoms with Crippen molar-refractivity contribution >= 4 is 28.3 Å². The Hall–Kier alpha value is -3.20. The lowest BCUT2D eigenvalue weighted by molar-refractivity contribution is 0.0954. The van der Waals surface area contributed by atoms with E-state index in [0.717, 1.165) is 21.7 Å². The van der Waals surface area contributed by atoms with Gasteiger partial charge in [-0.05, 0) is 36.2 Å². The van der Waals surface area contributed by atoms with Crippen molar-refractivity contribution in [3.63, 3.8) is 0 Å². The van der Waals surface area contributed by atoms with Crippen molar-refractivity contribution in [2.24, 2.45) is 7.05 Å². The summed E-state index contributed by atoms with van der Waals surface area (Å²) in [6.45, 7) is 3.83. The molecule has 2 aromatic heterocycles. The number of carbonyl (C=O) groups excluding carboxylic acids is 2. The molecule has 1 saturated heterocycles. The molecule has 0 unspecified atom stereocenters. The molecule has 0 spiro atoms. The first-order valence-electron chi connectivity index (χ1n) is 9.58. The van der Waals surface area contributed by atoms with Crippen LogP contribution in [-0.4, -0.2) is 39.7 Å². The third-order valence-electron chi connectivity index (χ3n) is 4.97. The predicted octanol–water partition coefficient (Wildman–Crippen LogP) is 3.30. The Morgan fingerprint density at radius 1 is 1.23 bits per heavy atom. The summed E-state index contributed by atoms with van der Waals surface area (Å²) in [5.41, 5.74) is 2.64. The number of aryl methyl sites for hydroxylation is 2. The van der Waals surface area contributed by atoms with Gasteiger partial charge in [-0.1, -0.05) is 12.1 Å². The van der Waals surface area contributed by atoms with E-state index in [1.165, 1.54) is 23.5 Å². The third kappa shape index (κ3) is 4.20.